The number of nitrogens with zero attached hydrogens (tertiary/aromatic N) is 4. The van der Waals surface area contributed by atoms with E-state index in [2.05, 4.69) is 34.3 Å². The van der Waals surface area contributed by atoms with Crippen molar-refractivity contribution in [1.82, 2.24) is 9.80 Å². The van der Waals surface area contributed by atoms with E-state index in [-0.39, 0.29) is 12.5 Å². The number of carboxylic acids is 1. The highest BCUT2D eigenvalue weighted by Crippen LogP contribution is 2.30. The third kappa shape index (κ3) is 6.72. The number of hydrogen-bond acceptors (Lipinski definition) is 4. The fourth-order valence-corrected chi connectivity index (χ4v) is 3.28. The summed E-state index contributed by atoms with van der Waals surface area (Å²) in [5.74, 6) is 0.321. The SMILES string of the molecule is Cc1ccc(CN2CN(CCC(=O)O)C=NC2=Nc2ccc(OC(C)C)c(Cl)c2)cc1. The van der Waals surface area contributed by atoms with Crippen LogP contribution in [0.15, 0.2) is 52.4 Å². The summed E-state index contributed by atoms with van der Waals surface area (Å²) in [5, 5.41) is 9.48. The lowest BCUT2D eigenvalue weighted by Crippen LogP contribution is -2.44. The molecule has 0 aliphatic carbocycles. The van der Waals surface area contributed by atoms with Gasteiger partial charge in [-0.05, 0) is 44.5 Å². The average Bonchev–Trinajstić information content (AvgIpc) is 2.71. The van der Waals surface area contributed by atoms with Crippen LogP contribution in [0.3, 0.4) is 0 Å². The van der Waals surface area contributed by atoms with Crippen molar-refractivity contribution < 1.29 is 14.6 Å². The molecule has 3 rings (SSSR count). The Hall–Kier alpha value is -3.06. The Morgan fingerprint density at radius 2 is 2.00 bits per heavy atom. The lowest BCUT2D eigenvalue weighted by molar-refractivity contribution is -0.137. The van der Waals surface area contributed by atoms with Gasteiger partial charge in [-0.3, -0.25) is 4.79 Å². The first-order valence-electron chi connectivity index (χ1n) is 10.2. The monoisotopic (exact) mass is 442 g/mol. The summed E-state index contributed by atoms with van der Waals surface area (Å²) < 4.78 is 5.68. The summed E-state index contributed by atoms with van der Waals surface area (Å²) in [6.45, 7) is 7.41. The van der Waals surface area contributed by atoms with Gasteiger partial charge in [0.15, 0.2) is 0 Å². The van der Waals surface area contributed by atoms with Crippen molar-refractivity contribution in [2.45, 2.75) is 39.8 Å². The van der Waals surface area contributed by atoms with Gasteiger partial charge in [-0.1, -0.05) is 41.4 Å². The second-order valence-electron chi connectivity index (χ2n) is 7.72. The number of ether oxygens (including phenoxy) is 1. The molecule has 1 aliphatic rings. The van der Waals surface area contributed by atoms with Crippen LogP contribution in [0, 0.1) is 6.92 Å². The quantitative estimate of drug-likeness (QED) is 0.641. The van der Waals surface area contributed by atoms with Gasteiger partial charge in [0, 0.05) is 13.1 Å². The Balaban J connectivity index is 1.85. The van der Waals surface area contributed by atoms with Crippen molar-refractivity contribution in [3.8, 4) is 5.75 Å². The van der Waals surface area contributed by atoms with Gasteiger partial charge >= 0.3 is 5.97 Å². The third-order valence-corrected chi connectivity index (χ3v) is 4.88. The number of rotatable bonds is 8. The molecular weight excluding hydrogens is 416 g/mol. The van der Waals surface area contributed by atoms with E-state index in [1.807, 2.05) is 36.6 Å². The highest BCUT2D eigenvalue weighted by atomic mass is 35.5. The minimum atomic E-state index is -0.837. The minimum absolute atomic E-state index is 0.0272. The number of hydrogen-bond donors (Lipinski definition) is 1. The zero-order valence-corrected chi connectivity index (χ0v) is 18.7. The summed E-state index contributed by atoms with van der Waals surface area (Å²) in [6, 6.07) is 13.7. The molecule has 1 aliphatic heterocycles. The first-order chi connectivity index (χ1) is 14.8. The Bertz CT molecular complexity index is 973. The molecule has 0 saturated heterocycles. The maximum absolute atomic E-state index is 10.9. The number of aryl methyl sites for hydroxylation is 1. The predicted molar refractivity (Wildman–Crippen MR) is 123 cm³/mol. The van der Waals surface area contributed by atoms with Gasteiger partial charge in [0.25, 0.3) is 0 Å². The molecule has 0 aromatic heterocycles. The Morgan fingerprint density at radius 1 is 1.26 bits per heavy atom. The van der Waals surface area contributed by atoms with Crippen molar-refractivity contribution >= 4 is 35.6 Å². The van der Waals surface area contributed by atoms with Crippen molar-refractivity contribution in [3.63, 3.8) is 0 Å². The molecular formula is C23H27ClN4O3. The first kappa shape index (κ1) is 22.6. The van der Waals surface area contributed by atoms with Crippen LogP contribution >= 0.6 is 11.6 Å². The molecule has 0 fully saturated rings. The van der Waals surface area contributed by atoms with E-state index in [0.717, 1.165) is 5.56 Å². The van der Waals surface area contributed by atoms with Crippen LogP contribution in [0.25, 0.3) is 0 Å². The van der Waals surface area contributed by atoms with Gasteiger partial charge in [-0.25, -0.2) is 9.98 Å². The number of carboxylic acid groups (broad SMARTS) is 1. The molecule has 1 heterocycles. The van der Waals surface area contributed by atoms with Crippen LogP contribution in [-0.4, -0.2) is 52.5 Å². The van der Waals surface area contributed by atoms with Crippen molar-refractivity contribution in [2.24, 2.45) is 9.98 Å². The van der Waals surface area contributed by atoms with Crippen LogP contribution in [0.1, 0.15) is 31.4 Å². The summed E-state index contributed by atoms with van der Waals surface area (Å²) in [6.07, 6.45) is 1.72. The number of carbonyl (C=O) groups is 1. The molecule has 7 nitrogen and oxygen atoms in total. The molecule has 1 N–H and O–H groups in total. The third-order valence-electron chi connectivity index (χ3n) is 4.59. The summed E-state index contributed by atoms with van der Waals surface area (Å²) >= 11 is 6.36. The van der Waals surface area contributed by atoms with E-state index in [1.54, 1.807) is 18.5 Å². The molecule has 2 aromatic rings. The molecule has 31 heavy (non-hydrogen) atoms. The van der Waals surface area contributed by atoms with E-state index in [9.17, 15) is 4.79 Å². The molecule has 0 spiro atoms. The van der Waals surface area contributed by atoms with E-state index >= 15 is 0 Å². The summed E-state index contributed by atoms with van der Waals surface area (Å²) in [4.78, 5) is 24.0. The number of halogens is 1. The Labute approximate surface area is 187 Å². The van der Waals surface area contributed by atoms with Crippen LogP contribution < -0.4 is 4.74 Å². The van der Waals surface area contributed by atoms with Crippen LogP contribution in [0.5, 0.6) is 5.75 Å². The van der Waals surface area contributed by atoms with Crippen LogP contribution in [0.4, 0.5) is 5.69 Å². The predicted octanol–water partition coefficient (Wildman–Crippen LogP) is 4.70. The van der Waals surface area contributed by atoms with E-state index < -0.39 is 5.97 Å². The van der Waals surface area contributed by atoms with Crippen LogP contribution in [0.2, 0.25) is 5.02 Å². The normalized spacial score (nSPS) is 15.1. The first-order valence-corrected chi connectivity index (χ1v) is 10.5. The largest absolute Gasteiger partial charge is 0.489 e. The summed E-state index contributed by atoms with van der Waals surface area (Å²) in [5.41, 5.74) is 2.98. The molecule has 0 bridgehead atoms. The number of aliphatic carboxylic acids is 1. The van der Waals surface area contributed by atoms with Gasteiger partial charge in [0.05, 0.1) is 36.2 Å². The Morgan fingerprint density at radius 3 is 2.65 bits per heavy atom. The minimum Gasteiger partial charge on any atom is -0.489 e. The zero-order valence-electron chi connectivity index (χ0n) is 18.0. The molecule has 0 amide bonds. The van der Waals surface area contributed by atoms with Gasteiger partial charge in [-0.15, -0.1) is 0 Å². The highest BCUT2D eigenvalue weighted by Gasteiger charge is 2.20. The fourth-order valence-electron chi connectivity index (χ4n) is 3.06. The number of benzene rings is 2. The topological polar surface area (TPSA) is 77.7 Å². The fraction of sp³-hybridized carbons (Fsp3) is 0.348. The number of aliphatic imine (C=N–C) groups is 2. The second kappa shape index (κ2) is 10.3. The number of guanidine groups is 1. The smallest absolute Gasteiger partial charge is 0.305 e. The van der Waals surface area contributed by atoms with Gasteiger partial charge < -0.3 is 19.6 Å². The molecule has 0 saturated carbocycles. The molecule has 0 atom stereocenters. The van der Waals surface area contributed by atoms with Crippen molar-refractivity contribution in [2.75, 3.05) is 13.2 Å². The highest BCUT2D eigenvalue weighted by molar-refractivity contribution is 6.32. The van der Waals surface area contributed by atoms with E-state index in [1.165, 1.54) is 5.56 Å². The lowest BCUT2D eigenvalue weighted by atomic mass is 10.1. The molecule has 0 radical (unpaired) electrons. The standard InChI is InChI=1S/C23H27ClN4O3/c1-16(2)31-21-9-8-19(12-20(21)24)26-23-25-14-27(11-10-22(29)30)15-28(23)13-18-6-4-17(3)5-7-18/h4-9,12,14,16H,10-11,13,15H2,1-3H3,(H,29,30). The average molecular weight is 443 g/mol. The van der Waals surface area contributed by atoms with Gasteiger partial charge in [0.1, 0.15) is 5.75 Å². The van der Waals surface area contributed by atoms with Gasteiger partial charge in [-0.2, -0.15) is 0 Å². The molecule has 0 unspecified atom stereocenters. The lowest BCUT2D eigenvalue weighted by Gasteiger charge is -2.33. The Kier molecular flexibility index (Phi) is 7.52. The second-order valence-corrected chi connectivity index (χ2v) is 8.13. The maximum atomic E-state index is 10.9. The van der Waals surface area contributed by atoms with E-state index in [4.69, 9.17) is 21.4 Å². The molecule has 2 aromatic carbocycles. The molecule has 8 heteroatoms. The summed E-state index contributed by atoms with van der Waals surface area (Å²) in [7, 11) is 0. The zero-order chi connectivity index (χ0) is 22.4. The van der Waals surface area contributed by atoms with Crippen molar-refractivity contribution in [3.05, 3.63) is 58.6 Å². The van der Waals surface area contributed by atoms with Gasteiger partial charge in [0.2, 0.25) is 5.96 Å². The molecule has 164 valence electrons. The van der Waals surface area contributed by atoms with Crippen molar-refractivity contribution in [1.29, 1.82) is 0 Å². The maximum Gasteiger partial charge on any atom is 0.305 e. The van der Waals surface area contributed by atoms with E-state index in [0.29, 0.717) is 42.2 Å². The van der Waals surface area contributed by atoms with Crippen LogP contribution in [-0.2, 0) is 11.3 Å².